The molecule has 2 N–H and O–H groups in total. The molecule has 1 unspecified atom stereocenters. The SMILES string of the molecule is CC(CN(C)C)NS(=O)(=O)CCCO. The van der Waals surface area contributed by atoms with Crippen LogP contribution in [-0.4, -0.2) is 57.5 Å². The molecule has 6 heteroatoms. The minimum atomic E-state index is -3.23. The van der Waals surface area contributed by atoms with E-state index < -0.39 is 10.0 Å². The molecule has 0 amide bonds. The van der Waals surface area contributed by atoms with Crippen LogP contribution in [0, 0.1) is 0 Å². The van der Waals surface area contributed by atoms with Gasteiger partial charge >= 0.3 is 0 Å². The Morgan fingerprint density at radius 3 is 2.43 bits per heavy atom. The van der Waals surface area contributed by atoms with Crippen molar-refractivity contribution in [1.82, 2.24) is 9.62 Å². The van der Waals surface area contributed by atoms with Gasteiger partial charge in [-0.3, -0.25) is 0 Å². The largest absolute Gasteiger partial charge is 0.396 e. The second-order valence-electron chi connectivity index (χ2n) is 3.68. The summed E-state index contributed by atoms with van der Waals surface area (Å²) in [6.45, 7) is 2.39. The van der Waals surface area contributed by atoms with Crippen molar-refractivity contribution in [2.45, 2.75) is 19.4 Å². The van der Waals surface area contributed by atoms with Crippen LogP contribution >= 0.6 is 0 Å². The predicted molar refractivity (Wildman–Crippen MR) is 56.6 cm³/mol. The zero-order valence-electron chi connectivity index (χ0n) is 9.02. The first-order chi connectivity index (χ1) is 6.37. The number of nitrogens with zero attached hydrogens (tertiary/aromatic N) is 1. The van der Waals surface area contributed by atoms with Crippen molar-refractivity contribution in [2.24, 2.45) is 0 Å². The van der Waals surface area contributed by atoms with Gasteiger partial charge in [0.25, 0.3) is 0 Å². The topological polar surface area (TPSA) is 69.6 Å². The number of nitrogens with one attached hydrogen (secondary N) is 1. The maximum atomic E-state index is 11.3. The van der Waals surface area contributed by atoms with E-state index >= 15 is 0 Å². The van der Waals surface area contributed by atoms with Crippen LogP contribution in [-0.2, 0) is 10.0 Å². The summed E-state index contributed by atoms with van der Waals surface area (Å²) in [6.07, 6.45) is 0.282. The Kier molecular flexibility index (Phi) is 6.26. The first-order valence-electron chi connectivity index (χ1n) is 4.63. The van der Waals surface area contributed by atoms with E-state index in [1.54, 1.807) is 0 Å². The lowest BCUT2D eigenvalue weighted by atomic mass is 10.3. The summed E-state index contributed by atoms with van der Waals surface area (Å²) in [5, 5.41) is 8.51. The molecule has 0 spiro atoms. The second-order valence-corrected chi connectivity index (χ2v) is 5.55. The third-order valence-corrected chi connectivity index (χ3v) is 3.18. The van der Waals surface area contributed by atoms with Crippen LogP contribution in [0.4, 0.5) is 0 Å². The molecule has 0 heterocycles. The Morgan fingerprint density at radius 2 is 2.00 bits per heavy atom. The summed E-state index contributed by atoms with van der Waals surface area (Å²) >= 11 is 0. The Labute approximate surface area is 86.2 Å². The van der Waals surface area contributed by atoms with Crippen molar-refractivity contribution >= 4 is 10.0 Å². The Bertz CT molecular complexity index is 239. The number of likely N-dealkylation sites (N-methyl/N-ethyl adjacent to an activating group) is 1. The molecule has 0 aliphatic carbocycles. The fourth-order valence-electron chi connectivity index (χ4n) is 1.21. The lowest BCUT2D eigenvalue weighted by Gasteiger charge is -2.18. The Balaban J connectivity index is 3.96. The summed E-state index contributed by atoms with van der Waals surface area (Å²) in [4.78, 5) is 1.92. The quantitative estimate of drug-likeness (QED) is 0.596. The van der Waals surface area contributed by atoms with Crippen molar-refractivity contribution in [3.05, 3.63) is 0 Å². The molecule has 1 atom stereocenters. The predicted octanol–water partition coefficient (Wildman–Crippen LogP) is -0.762. The van der Waals surface area contributed by atoms with Gasteiger partial charge < -0.3 is 10.0 Å². The third kappa shape index (κ3) is 7.25. The van der Waals surface area contributed by atoms with E-state index in [1.807, 2.05) is 25.9 Å². The third-order valence-electron chi connectivity index (χ3n) is 1.59. The van der Waals surface area contributed by atoms with E-state index in [-0.39, 0.29) is 24.8 Å². The number of sulfonamides is 1. The summed E-state index contributed by atoms with van der Waals surface area (Å²) in [5.41, 5.74) is 0. The summed E-state index contributed by atoms with van der Waals surface area (Å²) in [7, 11) is 0.550. The summed E-state index contributed by atoms with van der Waals surface area (Å²) in [5.74, 6) is -0.0126. The van der Waals surface area contributed by atoms with Gasteiger partial charge in [0, 0.05) is 19.2 Å². The monoisotopic (exact) mass is 224 g/mol. The van der Waals surface area contributed by atoms with Crippen molar-refractivity contribution < 1.29 is 13.5 Å². The van der Waals surface area contributed by atoms with E-state index in [9.17, 15) is 8.42 Å². The highest BCUT2D eigenvalue weighted by Gasteiger charge is 2.13. The van der Waals surface area contributed by atoms with Gasteiger partial charge in [-0.1, -0.05) is 0 Å². The molecular weight excluding hydrogens is 204 g/mol. The minimum Gasteiger partial charge on any atom is -0.396 e. The molecule has 0 aromatic heterocycles. The van der Waals surface area contributed by atoms with Gasteiger partial charge in [-0.25, -0.2) is 13.1 Å². The lowest BCUT2D eigenvalue weighted by Crippen LogP contribution is -2.40. The average Bonchev–Trinajstić information content (AvgIpc) is 1.98. The fraction of sp³-hybridized carbons (Fsp3) is 1.00. The fourth-order valence-corrected chi connectivity index (χ4v) is 2.52. The van der Waals surface area contributed by atoms with Gasteiger partial charge in [0.05, 0.1) is 5.75 Å². The molecule has 0 fully saturated rings. The molecule has 0 saturated carbocycles. The molecule has 0 aliphatic heterocycles. The molecule has 14 heavy (non-hydrogen) atoms. The molecule has 86 valence electrons. The molecular formula is C8H20N2O3S. The summed E-state index contributed by atoms with van der Waals surface area (Å²) < 4.78 is 25.2. The Morgan fingerprint density at radius 1 is 1.43 bits per heavy atom. The average molecular weight is 224 g/mol. The minimum absolute atomic E-state index is 0.0126. The van der Waals surface area contributed by atoms with Gasteiger partial charge in [-0.15, -0.1) is 0 Å². The van der Waals surface area contributed by atoms with Crippen molar-refractivity contribution in [3.8, 4) is 0 Å². The van der Waals surface area contributed by atoms with Crippen LogP contribution < -0.4 is 4.72 Å². The van der Waals surface area contributed by atoms with Gasteiger partial charge in [0.2, 0.25) is 10.0 Å². The van der Waals surface area contributed by atoms with Gasteiger partial charge in [-0.2, -0.15) is 0 Å². The molecule has 0 aromatic carbocycles. The number of hydrogen-bond acceptors (Lipinski definition) is 4. The van der Waals surface area contributed by atoms with Gasteiger partial charge in [-0.05, 0) is 27.4 Å². The molecule has 5 nitrogen and oxygen atoms in total. The highest BCUT2D eigenvalue weighted by Crippen LogP contribution is 1.93. The van der Waals surface area contributed by atoms with Crippen molar-refractivity contribution in [1.29, 1.82) is 0 Å². The molecule has 0 rings (SSSR count). The first kappa shape index (κ1) is 13.8. The van der Waals surface area contributed by atoms with Crippen LogP contribution in [0.3, 0.4) is 0 Å². The van der Waals surface area contributed by atoms with Crippen LogP contribution in [0.5, 0.6) is 0 Å². The van der Waals surface area contributed by atoms with Gasteiger partial charge in [0.15, 0.2) is 0 Å². The molecule has 0 aromatic rings. The Hall–Kier alpha value is -0.170. The number of aliphatic hydroxyl groups excluding tert-OH is 1. The number of hydrogen-bond donors (Lipinski definition) is 2. The molecule has 0 bridgehead atoms. The van der Waals surface area contributed by atoms with Crippen molar-refractivity contribution in [2.75, 3.05) is 33.0 Å². The van der Waals surface area contributed by atoms with E-state index in [0.29, 0.717) is 6.54 Å². The zero-order valence-corrected chi connectivity index (χ0v) is 9.84. The molecule has 0 aliphatic rings. The summed E-state index contributed by atoms with van der Waals surface area (Å²) in [6, 6.07) is -0.103. The smallest absolute Gasteiger partial charge is 0.211 e. The van der Waals surface area contributed by atoms with Crippen LogP contribution in [0.25, 0.3) is 0 Å². The van der Waals surface area contributed by atoms with E-state index in [4.69, 9.17) is 5.11 Å². The van der Waals surface area contributed by atoms with E-state index in [2.05, 4.69) is 4.72 Å². The highest BCUT2D eigenvalue weighted by molar-refractivity contribution is 7.89. The standard InChI is InChI=1S/C8H20N2O3S/c1-8(7-10(2)3)9-14(12,13)6-4-5-11/h8-9,11H,4-7H2,1-3H3. The molecule has 0 saturated heterocycles. The number of aliphatic hydroxyl groups is 1. The van der Waals surface area contributed by atoms with Crippen LogP contribution in [0.15, 0.2) is 0 Å². The highest BCUT2D eigenvalue weighted by atomic mass is 32.2. The maximum Gasteiger partial charge on any atom is 0.211 e. The van der Waals surface area contributed by atoms with Gasteiger partial charge in [0.1, 0.15) is 0 Å². The number of rotatable bonds is 7. The second kappa shape index (κ2) is 6.34. The lowest BCUT2D eigenvalue weighted by molar-refractivity contribution is 0.295. The van der Waals surface area contributed by atoms with Crippen molar-refractivity contribution in [3.63, 3.8) is 0 Å². The van der Waals surface area contributed by atoms with Crippen LogP contribution in [0.2, 0.25) is 0 Å². The maximum absolute atomic E-state index is 11.3. The van der Waals surface area contributed by atoms with E-state index in [1.165, 1.54) is 0 Å². The van der Waals surface area contributed by atoms with Crippen LogP contribution in [0.1, 0.15) is 13.3 Å². The zero-order chi connectivity index (χ0) is 11.2. The van der Waals surface area contributed by atoms with E-state index in [0.717, 1.165) is 0 Å². The normalized spacial score (nSPS) is 14.6. The first-order valence-corrected chi connectivity index (χ1v) is 6.28. The molecule has 0 radical (unpaired) electrons.